The molecule has 60 valence electrons. The van der Waals surface area contributed by atoms with E-state index in [1.165, 1.54) is 0 Å². The van der Waals surface area contributed by atoms with Crippen molar-refractivity contribution in [1.82, 2.24) is 15.0 Å². The Morgan fingerprint density at radius 3 is 2.67 bits per heavy atom. The van der Waals surface area contributed by atoms with Crippen molar-refractivity contribution in [2.24, 2.45) is 0 Å². The highest BCUT2D eigenvalue weighted by molar-refractivity contribution is 9.11. The van der Waals surface area contributed by atoms with Crippen LogP contribution in [0.2, 0.25) is 0 Å². The molecule has 2 heterocycles. The van der Waals surface area contributed by atoms with Crippen LogP contribution in [0.3, 0.4) is 0 Å². The van der Waals surface area contributed by atoms with Gasteiger partial charge in [0.15, 0.2) is 3.92 Å². The normalized spacial score (nSPS) is 10.1. The molecule has 0 N–H and O–H groups in total. The SMILES string of the molecule is Brc1ncc(-c2cnccn2)s1. The van der Waals surface area contributed by atoms with Gasteiger partial charge < -0.3 is 0 Å². The lowest BCUT2D eigenvalue weighted by molar-refractivity contribution is 1.21. The molecule has 2 aromatic heterocycles. The number of aromatic nitrogens is 3. The standard InChI is InChI=1S/C7H4BrN3S/c8-7-11-4-6(12-7)5-3-9-1-2-10-5/h1-4H. The lowest BCUT2D eigenvalue weighted by Crippen LogP contribution is -1.79. The van der Waals surface area contributed by atoms with Crippen molar-refractivity contribution in [3.05, 3.63) is 28.7 Å². The Balaban J connectivity index is 2.45. The number of thiazole rings is 1. The van der Waals surface area contributed by atoms with E-state index in [-0.39, 0.29) is 0 Å². The van der Waals surface area contributed by atoms with E-state index in [0.717, 1.165) is 14.5 Å². The number of rotatable bonds is 1. The summed E-state index contributed by atoms with van der Waals surface area (Å²) in [5, 5.41) is 0. The third-order valence-corrected chi connectivity index (χ3v) is 2.79. The minimum absolute atomic E-state index is 0.862. The van der Waals surface area contributed by atoms with E-state index in [2.05, 4.69) is 30.9 Å². The second kappa shape index (κ2) is 3.28. The first-order valence-electron chi connectivity index (χ1n) is 3.24. The van der Waals surface area contributed by atoms with E-state index >= 15 is 0 Å². The van der Waals surface area contributed by atoms with Crippen LogP contribution in [0, 0.1) is 0 Å². The van der Waals surface area contributed by atoms with Crippen LogP contribution in [0.25, 0.3) is 10.6 Å². The van der Waals surface area contributed by atoms with Gasteiger partial charge in [-0.05, 0) is 15.9 Å². The second-order valence-electron chi connectivity index (χ2n) is 2.07. The molecular weight excluding hydrogens is 238 g/mol. The maximum absolute atomic E-state index is 4.15. The van der Waals surface area contributed by atoms with Gasteiger partial charge in [-0.1, -0.05) is 0 Å². The smallest absolute Gasteiger partial charge is 0.159 e. The van der Waals surface area contributed by atoms with Crippen LogP contribution < -0.4 is 0 Å². The summed E-state index contributed by atoms with van der Waals surface area (Å²) < 4.78 is 0.864. The van der Waals surface area contributed by atoms with Crippen LogP contribution in [0.1, 0.15) is 0 Å². The molecule has 5 heteroatoms. The van der Waals surface area contributed by atoms with Crippen LogP contribution >= 0.6 is 27.3 Å². The highest BCUT2D eigenvalue weighted by atomic mass is 79.9. The topological polar surface area (TPSA) is 38.7 Å². The number of halogens is 1. The Bertz CT molecular complexity index is 373. The minimum Gasteiger partial charge on any atom is -0.261 e. The van der Waals surface area contributed by atoms with Crippen LogP contribution in [-0.2, 0) is 0 Å². The van der Waals surface area contributed by atoms with Crippen LogP contribution in [-0.4, -0.2) is 15.0 Å². The van der Waals surface area contributed by atoms with Gasteiger partial charge in [0.1, 0.15) is 5.69 Å². The molecule has 2 aromatic rings. The Morgan fingerprint density at radius 1 is 1.17 bits per heavy atom. The van der Waals surface area contributed by atoms with E-state index < -0.39 is 0 Å². The highest BCUT2D eigenvalue weighted by Crippen LogP contribution is 2.26. The Morgan fingerprint density at radius 2 is 2.08 bits per heavy atom. The predicted molar refractivity (Wildman–Crippen MR) is 50.8 cm³/mol. The van der Waals surface area contributed by atoms with E-state index in [0.29, 0.717) is 0 Å². The molecule has 0 saturated carbocycles. The molecule has 0 unspecified atom stereocenters. The van der Waals surface area contributed by atoms with Crippen molar-refractivity contribution in [2.75, 3.05) is 0 Å². The molecule has 0 aliphatic carbocycles. The highest BCUT2D eigenvalue weighted by Gasteiger charge is 2.02. The molecule has 0 aliphatic heterocycles. The third-order valence-electron chi connectivity index (χ3n) is 1.29. The first-order chi connectivity index (χ1) is 5.86. The fourth-order valence-corrected chi connectivity index (χ4v) is 2.03. The molecule has 0 spiro atoms. The molecular formula is C7H4BrN3S. The molecule has 3 nitrogen and oxygen atoms in total. The first kappa shape index (κ1) is 7.82. The fourth-order valence-electron chi connectivity index (χ4n) is 0.798. The zero-order valence-corrected chi connectivity index (χ0v) is 8.34. The molecule has 0 saturated heterocycles. The molecule has 12 heavy (non-hydrogen) atoms. The van der Waals surface area contributed by atoms with Crippen molar-refractivity contribution in [3.63, 3.8) is 0 Å². The van der Waals surface area contributed by atoms with Crippen LogP contribution in [0.5, 0.6) is 0 Å². The van der Waals surface area contributed by atoms with Crippen LogP contribution in [0.15, 0.2) is 28.7 Å². The molecule has 2 rings (SSSR count). The lowest BCUT2D eigenvalue weighted by atomic mass is 10.4. The van der Waals surface area contributed by atoms with Gasteiger partial charge in [0, 0.05) is 18.6 Å². The lowest BCUT2D eigenvalue weighted by Gasteiger charge is -1.90. The molecule has 0 bridgehead atoms. The molecule has 0 amide bonds. The average molecular weight is 242 g/mol. The largest absolute Gasteiger partial charge is 0.261 e. The Hall–Kier alpha value is -0.810. The van der Waals surface area contributed by atoms with E-state index in [9.17, 15) is 0 Å². The molecule has 0 aliphatic rings. The molecule has 0 aromatic carbocycles. The van der Waals surface area contributed by atoms with Gasteiger partial charge in [-0.15, -0.1) is 11.3 Å². The van der Waals surface area contributed by atoms with Gasteiger partial charge in [-0.25, -0.2) is 4.98 Å². The third kappa shape index (κ3) is 1.51. The summed E-state index contributed by atoms with van der Waals surface area (Å²) in [6.07, 6.45) is 6.82. The summed E-state index contributed by atoms with van der Waals surface area (Å²) in [6, 6.07) is 0. The van der Waals surface area contributed by atoms with Gasteiger partial charge in [0.2, 0.25) is 0 Å². The summed E-state index contributed by atoms with van der Waals surface area (Å²) in [5.41, 5.74) is 0.862. The van der Waals surface area contributed by atoms with Crippen molar-refractivity contribution < 1.29 is 0 Å². The number of hydrogen-bond acceptors (Lipinski definition) is 4. The number of nitrogens with zero attached hydrogens (tertiary/aromatic N) is 3. The zero-order chi connectivity index (χ0) is 8.39. The van der Waals surface area contributed by atoms with Gasteiger partial charge in [0.05, 0.1) is 11.1 Å². The van der Waals surface area contributed by atoms with Gasteiger partial charge in [-0.2, -0.15) is 0 Å². The van der Waals surface area contributed by atoms with Crippen LogP contribution in [0.4, 0.5) is 0 Å². The van der Waals surface area contributed by atoms with Gasteiger partial charge in [0.25, 0.3) is 0 Å². The second-order valence-corrected chi connectivity index (χ2v) is 4.37. The van der Waals surface area contributed by atoms with E-state index in [1.54, 1.807) is 36.1 Å². The predicted octanol–water partition coefficient (Wildman–Crippen LogP) is 2.36. The monoisotopic (exact) mass is 241 g/mol. The number of hydrogen-bond donors (Lipinski definition) is 0. The zero-order valence-electron chi connectivity index (χ0n) is 5.94. The van der Waals surface area contributed by atoms with Crippen molar-refractivity contribution in [3.8, 4) is 10.6 Å². The summed E-state index contributed by atoms with van der Waals surface area (Å²) in [7, 11) is 0. The summed E-state index contributed by atoms with van der Waals surface area (Å²) >= 11 is 4.83. The quantitative estimate of drug-likeness (QED) is 0.770. The van der Waals surface area contributed by atoms with Gasteiger partial charge >= 0.3 is 0 Å². The molecule has 0 fully saturated rings. The fraction of sp³-hybridized carbons (Fsp3) is 0. The maximum Gasteiger partial charge on any atom is 0.159 e. The minimum atomic E-state index is 0.862. The van der Waals surface area contributed by atoms with Crippen molar-refractivity contribution >= 4 is 27.3 Å². The van der Waals surface area contributed by atoms with E-state index in [1.807, 2.05) is 0 Å². The summed E-state index contributed by atoms with van der Waals surface area (Å²) in [5.74, 6) is 0. The maximum atomic E-state index is 4.15. The Kier molecular flexibility index (Phi) is 2.14. The first-order valence-corrected chi connectivity index (χ1v) is 4.85. The molecule has 0 radical (unpaired) electrons. The Labute approximate surface area is 81.7 Å². The van der Waals surface area contributed by atoms with Gasteiger partial charge in [-0.3, -0.25) is 9.97 Å². The molecule has 0 atom stereocenters. The van der Waals surface area contributed by atoms with Crippen molar-refractivity contribution in [2.45, 2.75) is 0 Å². The van der Waals surface area contributed by atoms with E-state index in [4.69, 9.17) is 0 Å². The average Bonchev–Trinajstić information content (AvgIpc) is 2.54. The van der Waals surface area contributed by atoms with Crippen molar-refractivity contribution in [1.29, 1.82) is 0 Å². The summed E-state index contributed by atoms with van der Waals surface area (Å²) in [4.78, 5) is 13.2. The summed E-state index contributed by atoms with van der Waals surface area (Å²) in [6.45, 7) is 0.